The first-order valence-corrected chi connectivity index (χ1v) is 7.26. The SMILES string of the molecule is Cc1ccc(C(=O)OCc2nc3ccccc3s2)c(O)c1. The molecule has 0 aliphatic heterocycles. The van der Waals surface area contributed by atoms with Crippen LogP contribution in [-0.4, -0.2) is 16.1 Å². The molecule has 0 saturated carbocycles. The van der Waals surface area contributed by atoms with Crippen molar-refractivity contribution in [1.82, 2.24) is 4.98 Å². The summed E-state index contributed by atoms with van der Waals surface area (Å²) in [6, 6.07) is 12.6. The molecule has 1 aromatic heterocycles. The normalized spacial score (nSPS) is 10.7. The molecule has 106 valence electrons. The fraction of sp³-hybridized carbons (Fsp3) is 0.125. The van der Waals surface area contributed by atoms with Gasteiger partial charge in [-0.2, -0.15) is 0 Å². The Morgan fingerprint density at radius 1 is 1.29 bits per heavy atom. The van der Waals surface area contributed by atoms with Gasteiger partial charge in [-0.1, -0.05) is 18.2 Å². The fourth-order valence-corrected chi connectivity index (χ4v) is 2.88. The van der Waals surface area contributed by atoms with Gasteiger partial charge in [-0.15, -0.1) is 11.3 Å². The smallest absolute Gasteiger partial charge is 0.342 e. The molecule has 2 aromatic carbocycles. The summed E-state index contributed by atoms with van der Waals surface area (Å²) >= 11 is 1.49. The maximum Gasteiger partial charge on any atom is 0.342 e. The average molecular weight is 299 g/mol. The molecule has 3 aromatic rings. The number of rotatable bonds is 3. The predicted molar refractivity (Wildman–Crippen MR) is 81.6 cm³/mol. The van der Waals surface area contributed by atoms with Gasteiger partial charge in [0.1, 0.15) is 22.9 Å². The molecule has 5 heteroatoms. The van der Waals surface area contributed by atoms with Gasteiger partial charge < -0.3 is 9.84 Å². The summed E-state index contributed by atoms with van der Waals surface area (Å²) in [7, 11) is 0. The standard InChI is InChI=1S/C16H13NO3S/c1-10-6-7-11(13(18)8-10)16(19)20-9-15-17-12-4-2-3-5-14(12)21-15/h2-8,18H,9H2,1H3. The van der Waals surface area contributed by atoms with Gasteiger partial charge in [0.15, 0.2) is 0 Å². The number of carbonyl (C=O) groups excluding carboxylic acids is 1. The number of phenolic OH excluding ortho intramolecular Hbond substituents is 1. The number of aryl methyl sites for hydroxylation is 1. The number of carbonyl (C=O) groups is 1. The van der Waals surface area contributed by atoms with E-state index in [1.807, 2.05) is 31.2 Å². The molecular weight excluding hydrogens is 286 g/mol. The van der Waals surface area contributed by atoms with E-state index in [2.05, 4.69) is 4.98 Å². The van der Waals surface area contributed by atoms with Crippen molar-refractivity contribution >= 4 is 27.5 Å². The van der Waals surface area contributed by atoms with E-state index >= 15 is 0 Å². The molecule has 0 amide bonds. The van der Waals surface area contributed by atoms with Crippen molar-refractivity contribution in [2.24, 2.45) is 0 Å². The molecule has 0 spiro atoms. The second-order valence-corrected chi connectivity index (χ2v) is 5.79. The first kappa shape index (κ1) is 13.6. The molecule has 0 aliphatic rings. The molecule has 0 saturated heterocycles. The second kappa shape index (κ2) is 5.54. The molecule has 1 heterocycles. The zero-order valence-corrected chi connectivity index (χ0v) is 12.2. The van der Waals surface area contributed by atoms with E-state index in [1.54, 1.807) is 12.1 Å². The van der Waals surface area contributed by atoms with Gasteiger partial charge in [0.25, 0.3) is 0 Å². The number of hydrogen-bond donors (Lipinski definition) is 1. The Morgan fingerprint density at radius 3 is 2.86 bits per heavy atom. The van der Waals surface area contributed by atoms with Crippen molar-refractivity contribution in [2.45, 2.75) is 13.5 Å². The van der Waals surface area contributed by atoms with Crippen LogP contribution in [0, 0.1) is 6.92 Å². The summed E-state index contributed by atoms with van der Waals surface area (Å²) in [5.41, 5.74) is 1.95. The lowest BCUT2D eigenvalue weighted by atomic mass is 10.1. The number of para-hydroxylation sites is 1. The molecule has 0 radical (unpaired) electrons. The van der Waals surface area contributed by atoms with Crippen LogP contribution in [0.3, 0.4) is 0 Å². The summed E-state index contributed by atoms with van der Waals surface area (Å²) in [5.74, 6) is -0.615. The lowest BCUT2D eigenvalue weighted by Crippen LogP contribution is -2.05. The topological polar surface area (TPSA) is 59.4 Å². The minimum Gasteiger partial charge on any atom is -0.507 e. The van der Waals surface area contributed by atoms with Crippen molar-refractivity contribution < 1.29 is 14.6 Å². The molecule has 0 unspecified atom stereocenters. The van der Waals surface area contributed by atoms with Gasteiger partial charge >= 0.3 is 5.97 Å². The quantitative estimate of drug-likeness (QED) is 0.750. The van der Waals surface area contributed by atoms with Crippen LogP contribution in [-0.2, 0) is 11.3 Å². The molecule has 0 atom stereocenters. The van der Waals surface area contributed by atoms with Crippen LogP contribution < -0.4 is 0 Å². The molecule has 21 heavy (non-hydrogen) atoms. The van der Waals surface area contributed by atoms with Crippen LogP contribution in [0.4, 0.5) is 0 Å². The van der Waals surface area contributed by atoms with Gasteiger partial charge in [-0.3, -0.25) is 0 Å². The van der Waals surface area contributed by atoms with E-state index in [0.717, 1.165) is 20.8 Å². The van der Waals surface area contributed by atoms with Gasteiger partial charge in [0, 0.05) is 0 Å². The first-order chi connectivity index (χ1) is 10.1. The highest BCUT2D eigenvalue weighted by Gasteiger charge is 2.13. The number of esters is 1. The molecule has 0 fully saturated rings. The molecule has 0 bridgehead atoms. The molecule has 0 aliphatic carbocycles. The number of ether oxygens (including phenoxy) is 1. The molecule has 1 N–H and O–H groups in total. The highest BCUT2D eigenvalue weighted by atomic mass is 32.1. The van der Waals surface area contributed by atoms with Crippen LogP contribution in [0.15, 0.2) is 42.5 Å². The van der Waals surface area contributed by atoms with E-state index in [9.17, 15) is 9.90 Å². The third kappa shape index (κ3) is 2.87. The average Bonchev–Trinajstić information content (AvgIpc) is 2.87. The molecule has 4 nitrogen and oxygen atoms in total. The summed E-state index contributed by atoms with van der Waals surface area (Å²) in [5, 5.41) is 10.5. The van der Waals surface area contributed by atoms with E-state index < -0.39 is 5.97 Å². The number of thiazole rings is 1. The highest BCUT2D eigenvalue weighted by Crippen LogP contribution is 2.23. The van der Waals surface area contributed by atoms with Crippen molar-refractivity contribution in [2.75, 3.05) is 0 Å². The third-order valence-corrected chi connectivity index (χ3v) is 4.05. The number of benzene rings is 2. The highest BCUT2D eigenvalue weighted by molar-refractivity contribution is 7.18. The Bertz CT molecular complexity index is 777. The zero-order valence-electron chi connectivity index (χ0n) is 11.4. The summed E-state index contributed by atoms with van der Waals surface area (Å²) in [4.78, 5) is 16.4. The minimum atomic E-state index is -0.549. The van der Waals surface area contributed by atoms with Crippen LogP contribution >= 0.6 is 11.3 Å². The van der Waals surface area contributed by atoms with Crippen molar-refractivity contribution in [3.8, 4) is 5.75 Å². The van der Waals surface area contributed by atoms with Crippen LogP contribution in [0.5, 0.6) is 5.75 Å². The van der Waals surface area contributed by atoms with E-state index in [4.69, 9.17) is 4.74 Å². The van der Waals surface area contributed by atoms with Crippen molar-refractivity contribution in [3.63, 3.8) is 0 Å². The van der Waals surface area contributed by atoms with E-state index in [-0.39, 0.29) is 17.9 Å². The largest absolute Gasteiger partial charge is 0.507 e. The molecular formula is C16H13NO3S. The molecule has 3 rings (SSSR count). The Hall–Kier alpha value is -2.40. The van der Waals surface area contributed by atoms with Gasteiger partial charge in [-0.25, -0.2) is 9.78 Å². The minimum absolute atomic E-state index is 0.0655. The number of hydrogen-bond acceptors (Lipinski definition) is 5. The van der Waals surface area contributed by atoms with Crippen LogP contribution in [0.1, 0.15) is 20.9 Å². The lowest BCUT2D eigenvalue weighted by molar-refractivity contribution is 0.0469. The van der Waals surface area contributed by atoms with Gasteiger partial charge in [0.05, 0.1) is 10.2 Å². The monoisotopic (exact) mass is 299 g/mol. The summed E-state index contributed by atoms with van der Waals surface area (Å²) in [6.07, 6.45) is 0. The number of nitrogens with zero attached hydrogens (tertiary/aromatic N) is 1. The van der Waals surface area contributed by atoms with Gasteiger partial charge in [-0.05, 0) is 36.8 Å². The van der Waals surface area contributed by atoms with Crippen LogP contribution in [0.25, 0.3) is 10.2 Å². The Labute approximate surface area is 125 Å². The summed E-state index contributed by atoms with van der Waals surface area (Å²) < 4.78 is 6.27. The third-order valence-electron chi connectivity index (χ3n) is 3.04. The summed E-state index contributed by atoms with van der Waals surface area (Å²) in [6.45, 7) is 1.95. The lowest BCUT2D eigenvalue weighted by Gasteiger charge is -2.05. The van der Waals surface area contributed by atoms with Crippen molar-refractivity contribution in [1.29, 1.82) is 0 Å². The van der Waals surface area contributed by atoms with Crippen molar-refractivity contribution in [3.05, 3.63) is 58.6 Å². The Kier molecular flexibility index (Phi) is 3.58. The number of aromatic hydroxyl groups is 1. The maximum absolute atomic E-state index is 12.0. The number of aromatic nitrogens is 1. The zero-order chi connectivity index (χ0) is 14.8. The number of phenols is 1. The number of fused-ring (bicyclic) bond motifs is 1. The Morgan fingerprint density at radius 2 is 2.10 bits per heavy atom. The maximum atomic E-state index is 12.0. The van der Waals surface area contributed by atoms with Crippen LogP contribution in [0.2, 0.25) is 0 Å². The van der Waals surface area contributed by atoms with Gasteiger partial charge in [0.2, 0.25) is 0 Å². The van der Waals surface area contributed by atoms with E-state index in [0.29, 0.717) is 0 Å². The van der Waals surface area contributed by atoms with E-state index in [1.165, 1.54) is 17.4 Å². The Balaban J connectivity index is 1.73. The first-order valence-electron chi connectivity index (χ1n) is 6.44. The second-order valence-electron chi connectivity index (χ2n) is 4.67. The predicted octanol–water partition coefficient (Wildman–Crippen LogP) is 3.67. The fourth-order valence-electron chi connectivity index (χ4n) is 2.00.